The summed E-state index contributed by atoms with van der Waals surface area (Å²) in [5.41, 5.74) is 2.07. The molecular formula is C22H25N3O3. The van der Waals surface area contributed by atoms with Crippen LogP contribution in [0, 0.1) is 18.3 Å². The van der Waals surface area contributed by atoms with E-state index in [0.29, 0.717) is 13.0 Å². The number of carbonyl (C=O) groups is 2. The Hall–Kier alpha value is -2.89. The maximum Gasteiger partial charge on any atom is 0.318 e. The Morgan fingerprint density at radius 3 is 2.68 bits per heavy atom. The standard InChI is InChI=1S/C22H25N3O3/c1-15-7-9-16(10-8-15)19(18-6-2-3-12-23-18)24-21(28)25-13-17-5-4-11-22(17,14-25)20(26)27/h2-3,6-10,12,17,19H,4-5,11,13-14H2,1H3,(H,24,28)(H,26,27)/t17-,19?,22+/m0/s1. The lowest BCUT2D eigenvalue weighted by molar-refractivity contribution is -0.149. The van der Waals surface area contributed by atoms with Gasteiger partial charge in [-0.2, -0.15) is 0 Å². The first-order valence-corrected chi connectivity index (χ1v) is 9.76. The maximum absolute atomic E-state index is 13.1. The number of nitrogens with one attached hydrogen (secondary N) is 1. The molecule has 4 rings (SSSR count). The molecule has 0 radical (unpaired) electrons. The van der Waals surface area contributed by atoms with Crippen LogP contribution in [0.25, 0.3) is 0 Å². The van der Waals surface area contributed by atoms with Crippen LogP contribution in [0.15, 0.2) is 48.7 Å². The molecule has 6 nitrogen and oxygen atoms in total. The Balaban J connectivity index is 1.57. The maximum atomic E-state index is 13.1. The summed E-state index contributed by atoms with van der Waals surface area (Å²) in [6.07, 6.45) is 4.16. The zero-order valence-electron chi connectivity index (χ0n) is 16.0. The predicted molar refractivity (Wildman–Crippen MR) is 105 cm³/mol. The summed E-state index contributed by atoms with van der Waals surface area (Å²) in [5, 5.41) is 12.9. The van der Waals surface area contributed by atoms with Crippen LogP contribution in [0.5, 0.6) is 0 Å². The number of rotatable bonds is 4. The number of benzene rings is 1. The molecular weight excluding hydrogens is 354 g/mol. The summed E-state index contributed by atoms with van der Waals surface area (Å²) in [5.74, 6) is -0.728. The van der Waals surface area contributed by atoms with Crippen molar-refractivity contribution >= 4 is 12.0 Å². The van der Waals surface area contributed by atoms with E-state index in [1.54, 1.807) is 11.1 Å². The van der Waals surface area contributed by atoms with Crippen LogP contribution in [0.2, 0.25) is 0 Å². The van der Waals surface area contributed by atoms with E-state index in [-0.39, 0.29) is 24.5 Å². The number of pyridine rings is 1. The van der Waals surface area contributed by atoms with Crippen molar-refractivity contribution in [3.8, 4) is 0 Å². The first kappa shape index (κ1) is 18.5. The van der Waals surface area contributed by atoms with E-state index in [4.69, 9.17) is 0 Å². The molecule has 2 amide bonds. The molecule has 1 aromatic heterocycles. The zero-order chi connectivity index (χ0) is 19.7. The highest BCUT2D eigenvalue weighted by molar-refractivity contribution is 5.81. The fourth-order valence-corrected chi connectivity index (χ4v) is 4.64. The summed E-state index contributed by atoms with van der Waals surface area (Å²) >= 11 is 0. The van der Waals surface area contributed by atoms with E-state index in [2.05, 4.69) is 10.3 Å². The molecule has 1 aliphatic carbocycles. The van der Waals surface area contributed by atoms with Crippen molar-refractivity contribution in [2.45, 2.75) is 32.2 Å². The van der Waals surface area contributed by atoms with Crippen molar-refractivity contribution in [2.75, 3.05) is 13.1 Å². The van der Waals surface area contributed by atoms with Crippen molar-refractivity contribution in [1.82, 2.24) is 15.2 Å². The average molecular weight is 379 g/mol. The zero-order valence-corrected chi connectivity index (χ0v) is 16.0. The van der Waals surface area contributed by atoms with Gasteiger partial charge in [0.2, 0.25) is 0 Å². The highest BCUT2D eigenvalue weighted by Gasteiger charge is 2.55. The first-order valence-electron chi connectivity index (χ1n) is 9.76. The normalized spacial score (nSPS) is 24.6. The molecule has 2 heterocycles. The minimum Gasteiger partial charge on any atom is -0.481 e. The van der Waals surface area contributed by atoms with Gasteiger partial charge >= 0.3 is 12.0 Å². The largest absolute Gasteiger partial charge is 0.481 e. The SMILES string of the molecule is Cc1ccc(C(NC(=O)N2C[C@@H]3CCC[C@@]3(C(=O)O)C2)c2ccccn2)cc1. The average Bonchev–Trinajstić information content (AvgIpc) is 3.26. The van der Waals surface area contributed by atoms with Crippen LogP contribution in [0.1, 0.15) is 42.1 Å². The Bertz CT molecular complexity index is 868. The fourth-order valence-electron chi connectivity index (χ4n) is 4.64. The topological polar surface area (TPSA) is 82.5 Å². The molecule has 1 saturated heterocycles. The van der Waals surface area contributed by atoms with E-state index in [0.717, 1.165) is 29.7 Å². The molecule has 28 heavy (non-hydrogen) atoms. The third kappa shape index (κ3) is 3.23. The van der Waals surface area contributed by atoms with E-state index in [1.165, 1.54) is 0 Å². The smallest absolute Gasteiger partial charge is 0.318 e. The first-order chi connectivity index (χ1) is 13.5. The Morgan fingerprint density at radius 1 is 1.25 bits per heavy atom. The monoisotopic (exact) mass is 379 g/mol. The number of urea groups is 1. The summed E-state index contributed by atoms with van der Waals surface area (Å²) in [4.78, 5) is 31.1. The van der Waals surface area contributed by atoms with Crippen LogP contribution in [0.4, 0.5) is 4.79 Å². The summed E-state index contributed by atoms with van der Waals surface area (Å²) in [6, 6.07) is 13.0. The minimum absolute atomic E-state index is 0.0448. The van der Waals surface area contributed by atoms with Gasteiger partial charge in [-0.05, 0) is 43.4 Å². The number of fused-ring (bicyclic) bond motifs is 1. The van der Waals surface area contributed by atoms with Gasteiger partial charge in [-0.25, -0.2) is 4.79 Å². The van der Waals surface area contributed by atoms with E-state index < -0.39 is 11.4 Å². The summed E-state index contributed by atoms with van der Waals surface area (Å²) in [6.45, 7) is 2.80. The van der Waals surface area contributed by atoms with Crippen LogP contribution in [-0.2, 0) is 4.79 Å². The van der Waals surface area contributed by atoms with Gasteiger partial charge in [0.05, 0.1) is 17.2 Å². The highest BCUT2D eigenvalue weighted by Crippen LogP contribution is 2.48. The second kappa shape index (κ2) is 7.26. The van der Waals surface area contributed by atoms with Crippen molar-refractivity contribution in [2.24, 2.45) is 11.3 Å². The van der Waals surface area contributed by atoms with Gasteiger partial charge in [0.1, 0.15) is 0 Å². The van der Waals surface area contributed by atoms with Gasteiger partial charge in [-0.15, -0.1) is 0 Å². The number of aliphatic carboxylic acids is 1. The summed E-state index contributed by atoms with van der Waals surface area (Å²) in [7, 11) is 0. The number of nitrogens with zero attached hydrogens (tertiary/aromatic N) is 2. The Labute approximate surface area is 164 Å². The van der Waals surface area contributed by atoms with Crippen molar-refractivity contribution in [3.05, 3.63) is 65.5 Å². The lowest BCUT2D eigenvalue weighted by Gasteiger charge is -2.25. The number of hydrogen-bond donors (Lipinski definition) is 2. The predicted octanol–water partition coefficient (Wildman–Crippen LogP) is 3.38. The third-order valence-electron chi connectivity index (χ3n) is 6.25. The van der Waals surface area contributed by atoms with Gasteiger partial charge in [0.15, 0.2) is 0 Å². The van der Waals surface area contributed by atoms with Crippen LogP contribution in [-0.4, -0.2) is 40.1 Å². The highest BCUT2D eigenvalue weighted by atomic mass is 16.4. The van der Waals surface area contributed by atoms with Crippen LogP contribution in [0.3, 0.4) is 0 Å². The number of hydrogen-bond acceptors (Lipinski definition) is 3. The van der Waals surface area contributed by atoms with E-state index in [9.17, 15) is 14.7 Å². The van der Waals surface area contributed by atoms with E-state index in [1.807, 2.05) is 49.4 Å². The fraction of sp³-hybridized carbons (Fsp3) is 0.409. The lowest BCUT2D eigenvalue weighted by atomic mass is 9.81. The molecule has 0 spiro atoms. The van der Waals surface area contributed by atoms with Crippen LogP contribution >= 0.6 is 0 Å². The third-order valence-corrected chi connectivity index (χ3v) is 6.25. The number of aryl methyl sites for hydroxylation is 1. The van der Waals surface area contributed by atoms with Gasteiger partial charge in [-0.3, -0.25) is 9.78 Å². The van der Waals surface area contributed by atoms with Gasteiger partial charge in [0, 0.05) is 19.3 Å². The van der Waals surface area contributed by atoms with E-state index >= 15 is 0 Å². The Morgan fingerprint density at radius 2 is 2.04 bits per heavy atom. The van der Waals surface area contributed by atoms with Gasteiger partial charge in [-0.1, -0.05) is 42.3 Å². The van der Waals surface area contributed by atoms with Crippen molar-refractivity contribution in [1.29, 1.82) is 0 Å². The molecule has 1 saturated carbocycles. The van der Waals surface area contributed by atoms with Crippen LogP contribution < -0.4 is 5.32 Å². The van der Waals surface area contributed by atoms with Crippen molar-refractivity contribution < 1.29 is 14.7 Å². The molecule has 1 aliphatic heterocycles. The molecule has 2 fully saturated rings. The van der Waals surface area contributed by atoms with Gasteiger partial charge < -0.3 is 15.3 Å². The second-order valence-corrected chi connectivity index (χ2v) is 7.98. The minimum atomic E-state index is -0.776. The molecule has 2 aromatic rings. The molecule has 0 bridgehead atoms. The quantitative estimate of drug-likeness (QED) is 0.853. The lowest BCUT2D eigenvalue weighted by Crippen LogP contribution is -2.43. The van der Waals surface area contributed by atoms with Crippen molar-refractivity contribution in [3.63, 3.8) is 0 Å². The molecule has 6 heteroatoms. The molecule has 1 unspecified atom stereocenters. The van der Waals surface area contributed by atoms with Gasteiger partial charge in [0.25, 0.3) is 0 Å². The second-order valence-electron chi connectivity index (χ2n) is 7.98. The number of carboxylic acids is 1. The molecule has 2 N–H and O–H groups in total. The number of likely N-dealkylation sites (tertiary alicyclic amines) is 1. The number of carbonyl (C=O) groups excluding carboxylic acids is 1. The number of aromatic nitrogens is 1. The number of carboxylic acid groups (broad SMARTS) is 1. The molecule has 3 atom stereocenters. The molecule has 146 valence electrons. The molecule has 1 aromatic carbocycles. The summed E-state index contributed by atoms with van der Waals surface area (Å²) < 4.78 is 0. The molecule has 2 aliphatic rings. The number of amides is 2. The Kier molecular flexibility index (Phi) is 4.79.